The van der Waals surface area contributed by atoms with Crippen LogP contribution in [0.25, 0.3) is 11.4 Å². The van der Waals surface area contributed by atoms with Crippen LogP contribution in [0.5, 0.6) is 0 Å². The highest BCUT2D eigenvalue weighted by Gasteiger charge is 2.34. The maximum atomic E-state index is 12.8. The number of aryl methyl sites for hydroxylation is 1. The molecule has 3 aromatic rings. The van der Waals surface area contributed by atoms with E-state index < -0.39 is 0 Å². The fourth-order valence-corrected chi connectivity index (χ4v) is 6.63. The number of hydrogen-bond donors (Lipinski definition) is 1. The van der Waals surface area contributed by atoms with Crippen LogP contribution in [0.15, 0.2) is 21.9 Å². The van der Waals surface area contributed by atoms with E-state index in [1.54, 1.807) is 17.6 Å². The lowest BCUT2D eigenvalue weighted by Gasteiger charge is -2.36. The van der Waals surface area contributed by atoms with E-state index in [-0.39, 0.29) is 17.1 Å². The van der Waals surface area contributed by atoms with Gasteiger partial charge in [0.05, 0.1) is 23.1 Å². The molecule has 0 saturated heterocycles. The van der Waals surface area contributed by atoms with Crippen molar-refractivity contribution < 1.29 is 9.21 Å². The minimum Gasteiger partial charge on any atom is -0.469 e. The Hall–Kier alpha value is -2.57. The van der Waals surface area contributed by atoms with Crippen LogP contribution in [0.2, 0.25) is 0 Å². The molecular formula is C25H31N5O2S2. The molecule has 0 spiro atoms. The van der Waals surface area contributed by atoms with Crippen molar-refractivity contribution >= 4 is 34.0 Å². The topological polar surface area (TPSA) is 96.7 Å². The second-order valence-corrected chi connectivity index (χ2v) is 11.4. The summed E-state index contributed by atoms with van der Waals surface area (Å²) >= 11 is 2.92. The van der Waals surface area contributed by atoms with Crippen LogP contribution in [0, 0.1) is 29.6 Å². The van der Waals surface area contributed by atoms with Gasteiger partial charge >= 0.3 is 0 Å². The van der Waals surface area contributed by atoms with Gasteiger partial charge in [0.1, 0.15) is 16.8 Å². The molecule has 1 unspecified atom stereocenters. The molecule has 0 bridgehead atoms. The third-order valence-electron chi connectivity index (χ3n) is 7.11. The fourth-order valence-electron chi connectivity index (χ4n) is 4.54. The number of nitrogens with zero attached hydrogens (tertiary/aromatic N) is 4. The number of fused-ring (bicyclic) bond motifs is 1. The highest BCUT2D eigenvalue weighted by atomic mass is 32.2. The van der Waals surface area contributed by atoms with Gasteiger partial charge in [-0.2, -0.15) is 5.26 Å². The Balaban J connectivity index is 1.45. The first kappa shape index (κ1) is 24.6. The van der Waals surface area contributed by atoms with Crippen molar-refractivity contribution in [2.75, 3.05) is 11.1 Å². The molecule has 0 aromatic carbocycles. The van der Waals surface area contributed by atoms with Crippen LogP contribution in [0.4, 0.5) is 5.00 Å². The third kappa shape index (κ3) is 4.66. The Morgan fingerprint density at radius 3 is 2.85 bits per heavy atom. The average molecular weight is 498 g/mol. The number of nitrogens with one attached hydrogen (secondary N) is 1. The Morgan fingerprint density at radius 2 is 2.21 bits per heavy atom. The van der Waals surface area contributed by atoms with E-state index in [1.807, 2.05) is 24.5 Å². The van der Waals surface area contributed by atoms with Gasteiger partial charge in [0.15, 0.2) is 11.0 Å². The first-order chi connectivity index (χ1) is 16.3. The maximum Gasteiger partial charge on any atom is 0.235 e. The van der Waals surface area contributed by atoms with Gasteiger partial charge in [-0.3, -0.25) is 4.79 Å². The number of hydrogen-bond acceptors (Lipinski definition) is 7. The molecule has 1 aliphatic carbocycles. The van der Waals surface area contributed by atoms with Gasteiger partial charge in [0.25, 0.3) is 0 Å². The van der Waals surface area contributed by atoms with Crippen LogP contribution in [0.1, 0.15) is 62.3 Å². The number of carbonyl (C=O) groups excluding carboxylic acids is 1. The normalized spacial score (nSPS) is 15.7. The summed E-state index contributed by atoms with van der Waals surface area (Å²) in [5.74, 6) is 2.17. The van der Waals surface area contributed by atoms with E-state index in [9.17, 15) is 10.1 Å². The van der Waals surface area contributed by atoms with Gasteiger partial charge in [-0.25, -0.2) is 0 Å². The average Bonchev–Trinajstić information content (AvgIpc) is 3.52. The molecule has 34 heavy (non-hydrogen) atoms. The molecular weight excluding hydrogens is 466 g/mol. The van der Waals surface area contributed by atoms with E-state index in [0.29, 0.717) is 28.2 Å². The SMILES string of the molecule is CCn1c(SCC(=O)Nc2sc3c(c2C#N)CCC(C(C)(C)CC)C3)nnc1-c1ccoc1C. The van der Waals surface area contributed by atoms with Crippen LogP contribution in [0.3, 0.4) is 0 Å². The fraction of sp³-hybridized carbons (Fsp3) is 0.520. The minimum absolute atomic E-state index is 0.141. The molecule has 9 heteroatoms. The lowest BCUT2D eigenvalue weighted by atomic mass is 9.69. The number of aromatic nitrogens is 3. The van der Waals surface area contributed by atoms with Crippen LogP contribution >= 0.6 is 23.1 Å². The van der Waals surface area contributed by atoms with Gasteiger partial charge in [-0.15, -0.1) is 21.5 Å². The summed E-state index contributed by atoms with van der Waals surface area (Å²) in [6.07, 6.45) is 5.75. The Kier molecular flexibility index (Phi) is 7.20. The number of anilines is 1. The first-order valence-electron chi connectivity index (χ1n) is 11.7. The quantitative estimate of drug-likeness (QED) is 0.379. The van der Waals surface area contributed by atoms with Gasteiger partial charge in [0.2, 0.25) is 5.91 Å². The zero-order valence-electron chi connectivity index (χ0n) is 20.4. The molecule has 4 rings (SSSR count). The number of rotatable bonds is 8. The van der Waals surface area contributed by atoms with E-state index >= 15 is 0 Å². The predicted molar refractivity (Wildman–Crippen MR) is 136 cm³/mol. The zero-order valence-corrected chi connectivity index (χ0v) is 22.0. The number of nitriles is 1. The lowest BCUT2D eigenvalue weighted by Crippen LogP contribution is -2.28. The summed E-state index contributed by atoms with van der Waals surface area (Å²) in [5.41, 5.74) is 2.94. The lowest BCUT2D eigenvalue weighted by molar-refractivity contribution is -0.113. The minimum atomic E-state index is -0.141. The van der Waals surface area contributed by atoms with Crippen molar-refractivity contribution in [3.63, 3.8) is 0 Å². The number of carbonyl (C=O) groups is 1. The second kappa shape index (κ2) is 9.96. The molecule has 0 fully saturated rings. The number of amides is 1. The van der Waals surface area contributed by atoms with Crippen LogP contribution < -0.4 is 5.32 Å². The third-order valence-corrected chi connectivity index (χ3v) is 9.25. The van der Waals surface area contributed by atoms with E-state index in [0.717, 1.165) is 48.4 Å². The zero-order chi connectivity index (χ0) is 24.5. The highest BCUT2D eigenvalue weighted by molar-refractivity contribution is 7.99. The van der Waals surface area contributed by atoms with Crippen molar-refractivity contribution in [3.05, 3.63) is 34.1 Å². The standard InChI is InChI=1S/C25H31N5O2S2/c1-6-25(4,5)16-8-9-18-19(13-26)23(34-20(18)12-16)27-21(31)14-33-24-29-28-22(30(24)7-2)17-10-11-32-15(17)3/h10-11,16H,6-9,12,14H2,1-5H3,(H,27,31). The Labute approximate surface area is 209 Å². The monoisotopic (exact) mass is 497 g/mol. The van der Waals surface area contributed by atoms with Crippen molar-refractivity contribution in [1.29, 1.82) is 5.26 Å². The number of thioether (sulfide) groups is 1. The Morgan fingerprint density at radius 1 is 1.41 bits per heavy atom. The molecule has 0 radical (unpaired) electrons. The van der Waals surface area contributed by atoms with Crippen molar-refractivity contribution in [1.82, 2.24) is 14.8 Å². The summed E-state index contributed by atoms with van der Waals surface area (Å²) in [5, 5.41) is 22.8. The molecule has 1 amide bonds. The van der Waals surface area contributed by atoms with E-state index in [4.69, 9.17) is 4.42 Å². The molecule has 1 atom stereocenters. The molecule has 0 aliphatic heterocycles. The summed E-state index contributed by atoms with van der Waals surface area (Å²) in [4.78, 5) is 14.1. The highest BCUT2D eigenvalue weighted by Crippen LogP contribution is 2.45. The first-order valence-corrected chi connectivity index (χ1v) is 13.5. The molecule has 3 aromatic heterocycles. The largest absolute Gasteiger partial charge is 0.469 e. The van der Waals surface area contributed by atoms with E-state index in [1.165, 1.54) is 16.6 Å². The molecule has 3 heterocycles. The smallest absolute Gasteiger partial charge is 0.235 e. The second-order valence-electron chi connectivity index (χ2n) is 9.38. The van der Waals surface area contributed by atoms with Crippen LogP contribution in [-0.2, 0) is 24.2 Å². The maximum absolute atomic E-state index is 12.8. The summed E-state index contributed by atoms with van der Waals surface area (Å²) in [7, 11) is 0. The summed E-state index contributed by atoms with van der Waals surface area (Å²) < 4.78 is 7.38. The molecule has 180 valence electrons. The summed E-state index contributed by atoms with van der Waals surface area (Å²) in [6, 6.07) is 4.22. The van der Waals surface area contributed by atoms with Gasteiger partial charge in [-0.05, 0) is 56.1 Å². The molecule has 1 aliphatic rings. The molecule has 1 N–H and O–H groups in total. The summed E-state index contributed by atoms with van der Waals surface area (Å²) in [6.45, 7) is 11.5. The van der Waals surface area contributed by atoms with Crippen molar-refractivity contribution in [2.24, 2.45) is 11.3 Å². The number of furan rings is 1. The van der Waals surface area contributed by atoms with Gasteiger partial charge in [-0.1, -0.05) is 39.0 Å². The molecule has 7 nitrogen and oxygen atoms in total. The van der Waals surface area contributed by atoms with E-state index in [2.05, 4.69) is 42.4 Å². The van der Waals surface area contributed by atoms with Crippen molar-refractivity contribution in [2.45, 2.75) is 72.0 Å². The van der Waals surface area contributed by atoms with Crippen molar-refractivity contribution in [3.8, 4) is 17.5 Å². The number of thiophene rings is 1. The molecule has 0 saturated carbocycles. The van der Waals surface area contributed by atoms with Crippen LogP contribution in [-0.4, -0.2) is 26.4 Å². The van der Waals surface area contributed by atoms with Gasteiger partial charge < -0.3 is 14.3 Å². The predicted octanol–water partition coefficient (Wildman–Crippen LogP) is 6.07. The van der Waals surface area contributed by atoms with Gasteiger partial charge in [0, 0.05) is 11.4 Å². The Bertz CT molecular complexity index is 1230.